The summed E-state index contributed by atoms with van der Waals surface area (Å²) in [6, 6.07) is 12.9. The molecule has 0 atom stereocenters. The summed E-state index contributed by atoms with van der Waals surface area (Å²) in [7, 11) is 1.81. The van der Waals surface area contributed by atoms with Gasteiger partial charge in [-0.25, -0.2) is 9.37 Å². The van der Waals surface area contributed by atoms with Crippen LogP contribution in [0.2, 0.25) is 0 Å². The highest BCUT2D eigenvalue weighted by atomic mass is 16.7. The van der Waals surface area contributed by atoms with E-state index in [4.69, 9.17) is 14.2 Å². The lowest BCUT2D eigenvalue weighted by atomic mass is 9.93. The van der Waals surface area contributed by atoms with Gasteiger partial charge in [-0.2, -0.15) is 0 Å². The Bertz CT molecular complexity index is 1320. The Morgan fingerprint density at radius 2 is 1.91 bits per heavy atom. The number of aromatic nitrogens is 1. The molecule has 3 aromatic rings. The SMILES string of the molecule is CCOC(=O)c1ccc(C[N+]2=C(c3cc([N+](=O)[O-])cn3C)c3cc4c(cc3CC2)OCO4)cc1. The smallest absolute Gasteiger partial charge is 0.338 e. The van der Waals surface area contributed by atoms with Crippen LogP contribution >= 0.6 is 0 Å². The minimum Gasteiger partial charge on any atom is -0.462 e. The molecular weight excluding hydrogens is 438 g/mol. The molecule has 0 radical (unpaired) electrons. The summed E-state index contributed by atoms with van der Waals surface area (Å²) in [5, 5.41) is 11.4. The van der Waals surface area contributed by atoms with E-state index in [0.717, 1.165) is 46.8 Å². The number of carbonyl (C=O) groups excluding carboxylic acids is 1. The third-order valence-corrected chi connectivity index (χ3v) is 6.10. The number of esters is 1. The van der Waals surface area contributed by atoms with Crippen molar-refractivity contribution < 1.29 is 28.5 Å². The number of ether oxygens (including phenoxy) is 3. The van der Waals surface area contributed by atoms with Gasteiger partial charge in [0.25, 0.3) is 5.69 Å². The predicted molar refractivity (Wildman–Crippen MR) is 123 cm³/mol. The first-order valence-corrected chi connectivity index (χ1v) is 11.1. The van der Waals surface area contributed by atoms with Crippen molar-refractivity contribution in [2.24, 2.45) is 7.05 Å². The monoisotopic (exact) mass is 462 g/mol. The maximum absolute atomic E-state index is 12.0. The molecule has 2 aromatic carbocycles. The van der Waals surface area contributed by atoms with E-state index in [1.165, 1.54) is 6.20 Å². The summed E-state index contributed by atoms with van der Waals surface area (Å²) in [6.07, 6.45) is 2.32. The molecule has 2 aliphatic rings. The van der Waals surface area contributed by atoms with Crippen molar-refractivity contribution in [3.05, 3.63) is 86.7 Å². The predicted octanol–water partition coefficient (Wildman–Crippen LogP) is 3.44. The lowest BCUT2D eigenvalue weighted by Gasteiger charge is -2.20. The fourth-order valence-electron chi connectivity index (χ4n) is 4.47. The molecule has 2 aliphatic heterocycles. The lowest BCUT2D eigenvalue weighted by molar-refractivity contribution is -0.544. The number of fused-ring (bicyclic) bond motifs is 2. The second-order valence-corrected chi connectivity index (χ2v) is 8.25. The fraction of sp³-hybridized carbons (Fsp3) is 0.280. The van der Waals surface area contributed by atoms with Crippen molar-refractivity contribution in [3.8, 4) is 11.5 Å². The molecule has 0 amide bonds. The van der Waals surface area contributed by atoms with Crippen molar-refractivity contribution >= 4 is 17.4 Å². The van der Waals surface area contributed by atoms with E-state index in [2.05, 4.69) is 4.58 Å². The van der Waals surface area contributed by atoms with Crippen LogP contribution < -0.4 is 9.47 Å². The minimum atomic E-state index is -0.383. The van der Waals surface area contributed by atoms with Gasteiger partial charge in [-0.15, -0.1) is 0 Å². The molecule has 0 unspecified atom stereocenters. The van der Waals surface area contributed by atoms with Crippen LogP contribution in [-0.2, 0) is 24.8 Å². The molecule has 5 rings (SSSR count). The van der Waals surface area contributed by atoms with Crippen molar-refractivity contribution in [1.82, 2.24) is 4.57 Å². The topological polar surface area (TPSA) is 95.8 Å². The highest BCUT2D eigenvalue weighted by Gasteiger charge is 2.33. The number of benzene rings is 2. The molecule has 0 N–H and O–H groups in total. The summed E-state index contributed by atoms with van der Waals surface area (Å²) in [5.41, 5.74) is 5.27. The van der Waals surface area contributed by atoms with Gasteiger partial charge < -0.3 is 18.8 Å². The number of nitrogens with zero attached hydrogens (tertiary/aromatic N) is 3. The standard InChI is InChI=1S/C25H24N3O6/c1-3-32-25(29)17-6-4-16(5-7-17)13-27-9-8-18-10-22-23(34-15-33-22)12-20(18)24(27)21-11-19(28(30)31)14-26(21)2/h4-7,10-12,14H,3,8-9,13,15H2,1-2H3/q+1. The molecule has 0 spiro atoms. The minimum absolute atomic E-state index is 0.0385. The van der Waals surface area contributed by atoms with Gasteiger partial charge in [-0.1, -0.05) is 12.1 Å². The van der Waals surface area contributed by atoms with Gasteiger partial charge in [0.1, 0.15) is 12.2 Å². The van der Waals surface area contributed by atoms with Gasteiger partial charge >= 0.3 is 5.97 Å². The van der Waals surface area contributed by atoms with E-state index in [9.17, 15) is 14.9 Å². The molecule has 0 aliphatic carbocycles. The first kappa shape index (κ1) is 21.7. The molecule has 0 saturated heterocycles. The average molecular weight is 462 g/mol. The number of hydrogen-bond donors (Lipinski definition) is 0. The number of nitro groups is 1. The van der Waals surface area contributed by atoms with Crippen molar-refractivity contribution in [3.63, 3.8) is 0 Å². The molecule has 174 valence electrons. The van der Waals surface area contributed by atoms with Crippen molar-refractivity contribution in [2.45, 2.75) is 19.9 Å². The summed E-state index contributed by atoms with van der Waals surface area (Å²) >= 11 is 0. The first-order chi connectivity index (χ1) is 16.4. The van der Waals surface area contributed by atoms with Crippen LogP contribution in [0, 0.1) is 10.1 Å². The summed E-state index contributed by atoms with van der Waals surface area (Å²) in [6.45, 7) is 3.58. The molecular formula is C25H24N3O6+. The number of aryl methyl sites for hydroxylation is 1. The van der Waals surface area contributed by atoms with Crippen LogP contribution in [0.4, 0.5) is 5.69 Å². The highest BCUT2D eigenvalue weighted by Crippen LogP contribution is 2.37. The molecule has 0 fully saturated rings. The van der Waals surface area contributed by atoms with Gasteiger partial charge in [-0.3, -0.25) is 10.1 Å². The van der Waals surface area contributed by atoms with Gasteiger partial charge in [0.15, 0.2) is 18.0 Å². The third kappa shape index (κ3) is 3.89. The van der Waals surface area contributed by atoms with E-state index in [1.54, 1.807) is 29.7 Å². The number of carbonyl (C=O) groups is 1. The van der Waals surface area contributed by atoms with Gasteiger partial charge in [-0.05, 0) is 36.8 Å². The maximum atomic E-state index is 12.0. The van der Waals surface area contributed by atoms with Gasteiger partial charge in [0.05, 0.1) is 28.9 Å². The zero-order valence-corrected chi connectivity index (χ0v) is 18.9. The Morgan fingerprint density at radius 1 is 1.18 bits per heavy atom. The normalized spacial score (nSPS) is 14.2. The quantitative estimate of drug-likeness (QED) is 0.241. The largest absolute Gasteiger partial charge is 0.462 e. The molecule has 9 nitrogen and oxygen atoms in total. The third-order valence-electron chi connectivity index (χ3n) is 6.10. The number of hydrogen-bond acceptors (Lipinski definition) is 6. The van der Waals surface area contributed by atoms with Crippen LogP contribution in [0.5, 0.6) is 11.5 Å². The maximum Gasteiger partial charge on any atom is 0.338 e. The molecule has 0 bridgehead atoms. The van der Waals surface area contributed by atoms with Crippen LogP contribution in [0.3, 0.4) is 0 Å². The zero-order chi connectivity index (χ0) is 23.8. The molecule has 34 heavy (non-hydrogen) atoms. The van der Waals surface area contributed by atoms with Crippen LogP contribution in [0.15, 0.2) is 48.7 Å². The number of rotatable bonds is 6. The van der Waals surface area contributed by atoms with E-state index < -0.39 is 0 Å². The van der Waals surface area contributed by atoms with E-state index in [-0.39, 0.29) is 23.4 Å². The molecule has 9 heteroatoms. The zero-order valence-electron chi connectivity index (χ0n) is 18.9. The average Bonchev–Trinajstić information content (AvgIpc) is 3.44. The Hall–Kier alpha value is -4.14. The first-order valence-electron chi connectivity index (χ1n) is 11.1. The summed E-state index contributed by atoms with van der Waals surface area (Å²) < 4.78 is 20.2. The Balaban J connectivity index is 1.59. The van der Waals surface area contributed by atoms with Crippen LogP contribution in [0.1, 0.15) is 39.7 Å². The summed E-state index contributed by atoms with van der Waals surface area (Å²) in [5.74, 6) is 1.04. The Labute approximate surface area is 195 Å². The van der Waals surface area contributed by atoms with Gasteiger partial charge in [0.2, 0.25) is 12.5 Å². The molecule has 0 saturated carbocycles. The summed E-state index contributed by atoms with van der Waals surface area (Å²) in [4.78, 5) is 23.1. The van der Waals surface area contributed by atoms with E-state index in [1.807, 2.05) is 31.3 Å². The Kier molecular flexibility index (Phi) is 5.53. The van der Waals surface area contributed by atoms with E-state index >= 15 is 0 Å². The second kappa shape index (κ2) is 8.66. The van der Waals surface area contributed by atoms with Crippen molar-refractivity contribution in [1.29, 1.82) is 0 Å². The van der Waals surface area contributed by atoms with Crippen molar-refractivity contribution in [2.75, 3.05) is 19.9 Å². The van der Waals surface area contributed by atoms with Crippen LogP contribution in [0.25, 0.3) is 0 Å². The molecule has 1 aromatic heterocycles. The fourth-order valence-corrected chi connectivity index (χ4v) is 4.47. The van der Waals surface area contributed by atoms with E-state index in [0.29, 0.717) is 24.5 Å². The Morgan fingerprint density at radius 3 is 2.59 bits per heavy atom. The molecule has 3 heterocycles. The highest BCUT2D eigenvalue weighted by molar-refractivity contribution is 6.10. The second-order valence-electron chi connectivity index (χ2n) is 8.25. The van der Waals surface area contributed by atoms with Gasteiger partial charge in [0, 0.05) is 25.1 Å². The van der Waals surface area contributed by atoms with Crippen LogP contribution in [-0.4, -0.2) is 45.7 Å². The lowest BCUT2D eigenvalue weighted by Crippen LogP contribution is -2.31.